The molecule has 5 aliphatic rings. The maximum atomic E-state index is 14.3. The smallest absolute Gasteiger partial charge is 0.309 e. The van der Waals surface area contributed by atoms with Crippen LogP contribution in [0.3, 0.4) is 0 Å². The summed E-state index contributed by atoms with van der Waals surface area (Å²) in [6.45, 7) is 22.3. The molecule has 0 spiro atoms. The number of hydrogen-bond donors (Lipinski definition) is 2. The van der Waals surface area contributed by atoms with Gasteiger partial charge in [-0.15, -0.1) is 0 Å². The third-order valence-electron chi connectivity index (χ3n) is 16.3. The van der Waals surface area contributed by atoms with E-state index < -0.39 is 28.9 Å². The van der Waals surface area contributed by atoms with Gasteiger partial charge in [-0.25, -0.2) is 0 Å². The number of ketones is 1. The topological polar surface area (TPSA) is 119 Å². The van der Waals surface area contributed by atoms with Crippen LogP contribution < -0.4 is 5.32 Å². The van der Waals surface area contributed by atoms with Gasteiger partial charge in [0.05, 0.1) is 11.8 Å². The third kappa shape index (κ3) is 6.48. The molecule has 4 saturated carbocycles. The Morgan fingerprint density at radius 3 is 2.22 bits per heavy atom. The molecule has 0 heterocycles. The van der Waals surface area contributed by atoms with E-state index in [-0.39, 0.29) is 57.8 Å². The van der Waals surface area contributed by atoms with Gasteiger partial charge in [-0.1, -0.05) is 78.8 Å². The number of benzene rings is 1. The maximum Gasteiger partial charge on any atom is 0.309 e. The molecule has 8 nitrogen and oxygen atoms in total. The highest BCUT2D eigenvalue weighted by Gasteiger charge is 2.71. The van der Waals surface area contributed by atoms with E-state index in [1.165, 1.54) is 18.1 Å². The predicted octanol–water partition coefficient (Wildman–Crippen LogP) is 9.10. The van der Waals surface area contributed by atoms with Crippen LogP contribution in [-0.2, 0) is 35.2 Å². The fourth-order valence-corrected chi connectivity index (χ4v) is 13.4. The molecule has 0 aliphatic heterocycles. The highest BCUT2D eigenvalue weighted by Crippen LogP contribution is 2.77. The van der Waals surface area contributed by atoms with E-state index in [0.717, 1.165) is 56.9 Å². The monoisotopic (exact) mass is 745 g/mol. The Morgan fingerprint density at radius 2 is 1.59 bits per heavy atom. The second-order valence-electron chi connectivity index (χ2n) is 20.3. The van der Waals surface area contributed by atoms with Gasteiger partial charge in [-0.05, 0) is 122 Å². The molecular weight excluding hydrogens is 679 g/mol. The summed E-state index contributed by atoms with van der Waals surface area (Å²) in [6, 6.07) is 10.3. The van der Waals surface area contributed by atoms with Crippen molar-refractivity contribution >= 4 is 23.7 Å². The largest absolute Gasteiger partial charge is 0.481 e. The van der Waals surface area contributed by atoms with Crippen LogP contribution in [0, 0.1) is 56.2 Å². The van der Waals surface area contributed by atoms with Crippen molar-refractivity contribution in [1.29, 1.82) is 0 Å². The van der Waals surface area contributed by atoms with Crippen LogP contribution >= 0.6 is 0 Å². The van der Waals surface area contributed by atoms with E-state index in [2.05, 4.69) is 65.9 Å². The number of ether oxygens (including phenoxy) is 2. The van der Waals surface area contributed by atoms with E-state index in [1.807, 2.05) is 18.2 Å². The summed E-state index contributed by atoms with van der Waals surface area (Å²) in [5, 5.41) is 13.2. The van der Waals surface area contributed by atoms with Gasteiger partial charge in [-0.2, -0.15) is 0 Å². The molecule has 0 unspecified atom stereocenters. The number of fused-ring (bicyclic) bond motifs is 7. The zero-order valence-corrected chi connectivity index (χ0v) is 34.7. The van der Waals surface area contributed by atoms with Gasteiger partial charge in [-0.3, -0.25) is 19.2 Å². The van der Waals surface area contributed by atoms with Gasteiger partial charge in [0.25, 0.3) is 0 Å². The fourth-order valence-electron chi connectivity index (χ4n) is 13.4. The van der Waals surface area contributed by atoms with Crippen molar-refractivity contribution in [3.8, 4) is 0 Å². The summed E-state index contributed by atoms with van der Waals surface area (Å²) >= 11 is 0. The molecule has 9 atom stereocenters. The van der Waals surface area contributed by atoms with Crippen LogP contribution in [0.15, 0.2) is 41.5 Å². The lowest BCUT2D eigenvalue weighted by molar-refractivity contribution is -0.235. The highest BCUT2D eigenvalue weighted by molar-refractivity contribution is 6.01. The second kappa shape index (κ2) is 14.2. The highest BCUT2D eigenvalue weighted by atomic mass is 16.5. The van der Waals surface area contributed by atoms with Gasteiger partial charge >= 0.3 is 17.9 Å². The Balaban J connectivity index is 1.30. The molecule has 1 aromatic carbocycles. The normalized spacial score (nSPS) is 36.4. The minimum atomic E-state index is -1.17. The average Bonchev–Trinajstić information content (AvgIpc) is 3.39. The number of carbonyl (C=O) groups excluding carboxylic acids is 3. The van der Waals surface area contributed by atoms with Gasteiger partial charge in [0, 0.05) is 37.3 Å². The number of esters is 2. The maximum absolute atomic E-state index is 14.3. The molecule has 1 aromatic rings. The van der Waals surface area contributed by atoms with Crippen molar-refractivity contribution in [2.45, 2.75) is 152 Å². The summed E-state index contributed by atoms with van der Waals surface area (Å²) in [6.07, 6.45) is 7.29. The molecule has 4 fully saturated rings. The number of carboxylic acid groups (broad SMARTS) is 1. The zero-order chi connectivity index (χ0) is 39.6. The molecule has 0 saturated heterocycles. The van der Waals surface area contributed by atoms with Crippen molar-refractivity contribution < 1.29 is 33.8 Å². The Labute approximate surface area is 324 Å². The van der Waals surface area contributed by atoms with E-state index in [1.54, 1.807) is 13.8 Å². The van der Waals surface area contributed by atoms with Crippen LogP contribution in [-0.4, -0.2) is 47.6 Å². The number of aliphatic carboxylic acids is 1. The van der Waals surface area contributed by atoms with Crippen molar-refractivity contribution in [1.82, 2.24) is 5.32 Å². The summed E-state index contributed by atoms with van der Waals surface area (Å²) in [4.78, 5) is 51.9. The number of hydrogen-bond acceptors (Lipinski definition) is 7. The number of allylic oxidation sites excluding steroid dienone is 1. The van der Waals surface area contributed by atoms with Crippen LogP contribution in [0.4, 0.5) is 0 Å². The van der Waals surface area contributed by atoms with Crippen molar-refractivity contribution in [2.75, 3.05) is 6.54 Å². The molecule has 2 N–H and O–H groups in total. The first-order chi connectivity index (χ1) is 25.1. The summed E-state index contributed by atoms with van der Waals surface area (Å²) in [5.74, 6) is -0.350. The van der Waals surface area contributed by atoms with E-state index in [9.17, 15) is 24.3 Å². The number of Topliss-reactive ketones (excluding diaryl/α,β-unsaturated/α-hetero) is 1. The average molecular weight is 746 g/mol. The lowest BCUT2D eigenvalue weighted by Crippen LogP contribution is -2.66. The first-order valence-corrected chi connectivity index (χ1v) is 20.8. The predicted molar refractivity (Wildman–Crippen MR) is 209 cm³/mol. The van der Waals surface area contributed by atoms with E-state index in [4.69, 9.17) is 9.47 Å². The van der Waals surface area contributed by atoms with Gasteiger partial charge in [0.2, 0.25) is 0 Å². The third-order valence-corrected chi connectivity index (χ3v) is 16.3. The van der Waals surface area contributed by atoms with Crippen LogP contribution in [0.25, 0.3) is 0 Å². The molecule has 298 valence electrons. The van der Waals surface area contributed by atoms with Crippen molar-refractivity contribution in [3.05, 3.63) is 47.0 Å². The van der Waals surface area contributed by atoms with E-state index in [0.29, 0.717) is 31.3 Å². The standard InChI is InChI=1S/C46H67NO7/c1-28(2)38-32(49)24-46(36(53-29(3)48)27-47-26-30-14-12-11-13-15-30)23-22-44(9)31(39(38)46)16-17-34-43(8)20-19-35(54-37(50)25-41(4,5)40(51)52)42(6,7)33(43)18-21-45(34,44)10/h11-15,28,31,33-36,47H,16-27H2,1-10H3,(H,51,52)/t31-,33+,34-,35+,36+,43+,44-,45-,46+/m1/s1. The number of nitrogens with one attached hydrogen (secondary N) is 1. The van der Waals surface area contributed by atoms with Gasteiger partial charge in [0.1, 0.15) is 12.2 Å². The number of rotatable bonds is 11. The first-order valence-electron chi connectivity index (χ1n) is 20.8. The molecular formula is C46H67NO7. The zero-order valence-electron chi connectivity index (χ0n) is 34.7. The molecule has 0 radical (unpaired) electrons. The van der Waals surface area contributed by atoms with Crippen LogP contribution in [0.5, 0.6) is 0 Å². The summed E-state index contributed by atoms with van der Waals surface area (Å²) in [5.41, 5.74) is 1.55. The van der Waals surface area contributed by atoms with Crippen molar-refractivity contribution in [2.24, 2.45) is 56.2 Å². The summed E-state index contributed by atoms with van der Waals surface area (Å²) in [7, 11) is 0. The molecule has 6 rings (SSSR count). The van der Waals surface area contributed by atoms with Gasteiger partial charge in [0.15, 0.2) is 5.78 Å². The van der Waals surface area contributed by atoms with Crippen LogP contribution in [0.1, 0.15) is 139 Å². The number of carbonyl (C=O) groups is 4. The Bertz CT molecular complexity index is 1680. The minimum absolute atomic E-state index is 0.0294. The van der Waals surface area contributed by atoms with Crippen molar-refractivity contribution in [3.63, 3.8) is 0 Å². The lowest BCUT2D eigenvalue weighted by Gasteiger charge is -2.72. The molecule has 5 aliphatic carbocycles. The molecule has 0 aromatic heterocycles. The second-order valence-corrected chi connectivity index (χ2v) is 20.3. The fraction of sp³-hybridized carbons (Fsp3) is 0.739. The minimum Gasteiger partial charge on any atom is -0.481 e. The molecule has 54 heavy (non-hydrogen) atoms. The number of carboxylic acids is 1. The summed E-state index contributed by atoms with van der Waals surface area (Å²) < 4.78 is 12.5. The Hall–Kier alpha value is -3.00. The van der Waals surface area contributed by atoms with E-state index >= 15 is 0 Å². The lowest BCUT2D eigenvalue weighted by atomic mass is 9.33. The first kappa shape index (κ1) is 40.7. The Morgan fingerprint density at radius 1 is 0.907 bits per heavy atom. The quantitative estimate of drug-likeness (QED) is 0.216. The molecule has 8 heteroatoms. The Kier molecular flexibility index (Phi) is 10.7. The molecule has 0 amide bonds. The van der Waals surface area contributed by atoms with Crippen LogP contribution in [0.2, 0.25) is 0 Å². The molecule has 0 bridgehead atoms. The SMILES string of the molecule is CC(=O)O[C@@H](CNCc1ccccc1)[C@@]12CC[C@]3(C)[C@H](CC[C@@H]4[C@@]5(C)CC[C@H](OC(=O)CC(C)(C)C(=O)O)C(C)(C)[C@@H]5CC[C@]43C)C1=C(C(C)C)C(=O)C2. The van der Waals surface area contributed by atoms with Gasteiger partial charge < -0.3 is 19.9 Å².